The predicted molar refractivity (Wildman–Crippen MR) is 91.0 cm³/mol. The molecule has 0 saturated heterocycles. The summed E-state index contributed by atoms with van der Waals surface area (Å²) >= 11 is 0. The van der Waals surface area contributed by atoms with Crippen LogP contribution in [-0.4, -0.2) is 51.8 Å². The monoisotopic (exact) mass is 345 g/mol. The molecule has 0 aliphatic heterocycles. The van der Waals surface area contributed by atoms with Crippen molar-refractivity contribution in [1.82, 2.24) is 5.32 Å². The van der Waals surface area contributed by atoms with Crippen molar-refractivity contribution in [2.24, 2.45) is 5.73 Å². The highest BCUT2D eigenvalue weighted by atomic mass is 35.5. The third-order valence-corrected chi connectivity index (χ3v) is 2.78. The molecule has 7 nitrogen and oxygen atoms in total. The van der Waals surface area contributed by atoms with E-state index in [4.69, 9.17) is 15.2 Å². The van der Waals surface area contributed by atoms with E-state index < -0.39 is 0 Å². The highest BCUT2D eigenvalue weighted by molar-refractivity contribution is 6.03. The van der Waals surface area contributed by atoms with Gasteiger partial charge in [0.15, 0.2) is 0 Å². The number of methoxy groups -OCH3 is 1. The van der Waals surface area contributed by atoms with E-state index in [2.05, 4.69) is 10.6 Å². The van der Waals surface area contributed by atoms with Gasteiger partial charge in [0, 0.05) is 20.2 Å². The quantitative estimate of drug-likeness (QED) is 0.544. The summed E-state index contributed by atoms with van der Waals surface area (Å²) in [6.07, 6.45) is 0.211. The molecule has 130 valence electrons. The van der Waals surface area contributed by atoms with Gasteiger partial charge in [-0.15, -0.1) is 12.4 Å². The van der Waals surface area contributed by atoms with Crippen LogP contribution in [0.2, 0.25) is 0 Å². The van der Waals surface area contributed by atoms with Gasteiger partial charge in [0.25, 0.3) is 5.91 Å². The maximum atomic E-state index is 12.0. The molecule has 0 aliphatic rings. The lowest BCUT2D eigenvalue weighted by molar-refractivity contribution is -0.117. The number of carbonyl (C=O) groups is 2. The Kier molecular flexibility index (Phi) is 11.9. The lowest BCUT2D eigenvalue weighted by Crippen LogP contribution is -2.30. The molecule has 0 spiro atoms. The highest BCUT2D eigenvalue weighted by Gasteiger charge is 2.12. The van der Waals surface area contributed by atoms with Crippen molar-refractivity contribution in [2.75, 3.05) is 45.3 Å². The zero-order valence-corrected chi connectivity index (χ0v) is 14.0. The van der Waals surface area contributed by atoms with E-state index in [-0.39, 0.29) is 30.6 Å². The number of nitrogens with one attached hydrogen (secondary N) is 2. The first-order chi connectivity index (χ1) is 10.7. The number of ether oxygens (including phenoxy) is 2. The second-order valence-electron chi connectivity index (χ2n) is 4.49. The Labute approximate surface area is 142 Å². The molecule has 0 bridgehead atoms. The number of amides is 2. The highest BCUT2D eigenvalue weighted by Crippen LogP contribution is 2.15. The van der Waals surface area contributed by atoms with Crippen LogP contribution in [0.5, 0.6) is 0 Å². The summed E-state index contributed by atoms with van der Waals surface area (Å²) in [5.74, 6) is -0.478. The number of halogens is 1. The summed E-state index contributed by atoms with van der Waals surface area (Å²) in [5.41, 5.74) is 6.23. The number of para-hydroxylation sites is 1. The normalized spacial score (nSPS) is 9.83. The van der Waals surface area contributed by atoms with Gasteiger partial charge >= 0.3 is 0 Å². The SMILES string of the molecule is COCCOCCC(=O)Nc1ccccc1C(=O)NCCN.Cl. The molecule has 0 radical (unpaired) electrons. The van der Waals surface area contributed by atoms with Gasteiger partial charge in [0.2, 0.25) is 5.91 Å². The zero-order valence-electron chi connectivity index (χ0n) is 13.2. The minimum atomic E-state index is -0.266. The Morgan fingerprint density at radius 1 is 1.17 bits per heavy atom. The van der Waals surface area contributed by atoms with Gasteiger partial charge in [-0.3, -0.25) is 9.59 Å². The summed E-state index contributed by atoms with van der Waals surface area (Å²) in [5, 5.41) is 5.39. The van der Waals surface area contributed by atoms with E-state index in [9.17, 15) is 9.59 Å². The molecular formula is C15H24ClN3O4. The van der Waals surface area contributed by atoms with Crippen molar-refractivity contribution in [3.8, 4) is 0 Å². The Bertz CT molecular complexity index is 486. The van der Waals surface area contributed by atoms with Crippen LogP contribution >= 0.6 is 12.4 Å². The molecule has 0 unspecified atom stereocenters. The molecule has 0 atom stereocenters. The minimum absolute atomic E-state index is 0. The van der Waals surface area contributed by atoms with E-state index in [0.29, 0.717) is 44.2 Å². The molecule has 0 aromatic heterocycles. The van der Waals surface area contributed by atoms with Crippen molar-refractivity contribution in [3.05, 3.63) is 29.8 Å². The lowest BCUT2D eigenvalue weighted by Gasteiger charge is -2.11. The van der Waals surface area contributed by atoms with Gasteiger partial charge < -0.3 is 25.8 Å². The van der Waals surface area contributed by atoms with Gasteiger partial charge in [-0.2, -0.15) is 0 Å². The van der Waals surface area contributed by atoms with Crippen LogP contribution in [-0.2, 0) is 14.3 Å². The van der Waals surface area contributed by atoms with E-state index in [1.165, 1.54) is 0 Å². The Morgan fingerprint density at radius 2 is 1.91 bits per heavy atom. The molecule has 0 aliphatic carbocycles. The fourth-order valence-corrected chi connectivity index (χ4v) is 1.69. The number of nitrogens with two attached hydrogens (primary N) is 1. The maximum Gasteiger partial charge on any atom is 0.253 e. The van der Waals surface area contributed by atoms with E-state index in [1.54, 1.807) is 31.4 Å². The van der Waals surface area contributed by atoms with E-state index in [1.807, 2.05) is 0 Å². The average Bonchev–Trinajstić information content (AvgIpc) is 2.53. The van der Waals surface area contributed by atoms with E-state index in [0.717, 1.165) is 0 Å². The topological polar surface area (TPSA) is 103 Å². The number of hydrogen-bond acceptors (Lipinski definition) is 5. The summed E-state index contributed by atoms with van der Waals surface area (Å²) in [6, 6.07) is 6.82. The number of rotatable bonds is 10. The molecule has 1 rings (SSSR count). The van der Waals surface area contributed by atoms with Crippen LogP contribution in [0.3, 0.4) is 0 Å². The molecule has 23 heavy (non-hydrogen) atoms. The van der Waals surface area contributed by atoms with Crippen LogP contribution in [0, 0.1) is 0 Å². The number of carbonyl (C=O) groups excluding carboxylic acids is 2. The molecule has 2 amide bonds. The summed E-state index contributed by atoms with van der Waals surface area (Å²) < 4.78 is 10.1. The Morgan fingerprint density at radius 3 is 2.61 bits per heavy atom. The molecule has 1 aromatic rings. The van der Waals surface area contributed by atoms with Crippen LogP contribution in [0.15, 0.2) is 24.3 Å². The van der Waals surface area contributed by atoms with Crippen molar-refractivity contribution in [2.45, 2.75) is 6.42 Å². The van der Waals surface area contributed by atoms with Gasteiger partial charge in [0.1, 0.15) is 0 Å². The van der Waals surface area contributed by atoms with Crippen molar-refractivity contribution < 1.29 is 19.1 Å². The predicted octanol–water partition coefficient (Wildman–Crippen LogP) is 0.788. The third-order valence-electron chi connectivity index (χ3n) is 2.78. The van der Waals surface area contributed by atoms with Crippen molar-refractivity contribution in [3.63, 3.8) is 0 Å². The lowest BCUT2D eigenvalue weighted by atomic mass is 10.1. The second-order valence-corrected chi connectivity index (χ2v) is 4.49. The summed E-state index contributed by atoms with van der Waals surface area (Å²) in [7, 11) is 1.59. The molecule has 8 heteroatoms. The summed E-state index contributed by atoms with van der Waals surface area (Å²) in [6.45, 7) is 1.98. The van der Waals surface area contributed by atoms with Crippen molar-refractivity contribution in [1.29, 1.82) is 0 Å². The fraction of sp³-hybridized carbons (Fsp3) is 0.467. The molecular weight excluding hydrogens is 322 g/mol. The Hall–Kier alpha value is -1.67. The first kappa shape index (κ1) is 21.3. The molecule has 0 fully saturated rings. The minimum Gasteiger partial charge on any atom is -0.382 e. The molecule has 0 heterocycles. The fourth-order valence-electron chi connectivity index (χ4n) is 1.69. The second kappa shape index (κ2) is 12.8. The maximum absolute atomic E-state index is 12.0. The standard InChI is InChI=1S/C15H23N3O4.ClH/c1-21-10-11-22-9-6-14(19)18-13-5-3-2-4-12(13)15(20)17-8-7-16;/h2-5H,6-11,16H2,1H3,(H,17,20)(H,18,19);1H. The number of hydrogen-bond donors (Lipinski definition) is 3. The zero-order chi connectivity index (χ0) is 16.2. The van der Waals surface area contributed by atoms with Gasteiger partial charge in [0.05, 0.1) is 37.5 Å². The van der Waals surface area contributed by atoms with Crippen LogP contribution < -0.4 is 16.4 Å². The first-order valence-electron chi connectivity index (χ1n) is 7.13. The largest absolute Gasteiger partial charge is 0.382 e. The number of benzene rings is 1. The molecule has 4 N–H and O–H groups in total. The van der Waals surface area contributed by atoms with Gasteiger partial charge in [-0.1, -0.05) is 12.1 Å². The number of anilines is 1. The van der Waals surface area contributed by atoms with Crippen LogP contribution in [0.25, 0.3) is 0 Å². The summed E-state index contributed by atoms with van der Waals surface area (Å²) in [4.78, 5) is 23.8. The van der Waals surface area contributed by atoms with Gasteiger partial charge in [-0.05, 0) is 12.1 Å². The average molecular weight is 346 g/mol. The van der Waals surface area contributed by atoms with Crippen molar-refractivity contribution >= 4 is 29.9 Å². The van der Waals surface area contributed by atoms with Gasteiger partial charge in [-0.25, -0.2) is 0 Å². The Balaban J connectivity index is 0.00000484. The van der Waals surface area contributed by atoms with Crippen LogP contribution in [0.1, 0.15) is 16.8 Å². The smallest absolute Gasteiger partial charge is 0.253 e. The first-order valence-corrected chi connectivity index (χ1v) is 7.13. The molecule has 0 saturated carbocycles. The van der Waals surface area contributed by atoms with E-state index >= 15 is 0 Å². The molecule has 1 aromatic carbocycles. The van der Waals surface area contributed by atoms with Crippen LogP contribution in [0.4, 0.5) is 5.69 Å². The third kappa shape index (κ3) is 8.51.